The molecule has 5 rings (SSSR count). The molecule has 2 aromatic heterocycles. The van der Waals surface area contributed by atoms with Crippen molar-refractivity contribution in [3.05, 3.63) is 48.4 Å². The topological polar surface area (TPSA) is 75.6 Å². The van der Waals surface area contributed by atoms with Crippen LogP contribution in [0.5, 0.6) is 0 Å². The minimum absolute atomic E-state index is 0.387. The van der Waals surface area contributed by atoms with Crippen LogP contribution >= 0.6 is 0 Å². The Balaban J connectivity index is 1.48. The van der Waals surface area contributed by atoms with Crippen molar-refractivity contribution in [2.45, 2.75) is 59.4 Å². The summed E-state index contributed by atoms with van der Waals surface area (Å²) >= 11 is 0. The maximum absolute atomic E-state index is 4.73. The predicted molar refractivity (Wildman–Crippen MR) is 141 cm³/mol. The Bertz CT molecular complexity index is 1330. The summed E-state index contributed by atoms with van der Waals surface area (Å²) in [6.45, 7) is 9.24. The van der Waals surface area contributed by atoms with Gasteiger partial charge in [-0.2, -0.15) is 0 Å². The molecule has 1 fully saturated rings. The van der Waals surface area contributed by atoms with Gasteiger partial charge in [-0.15, -0.1) is 0 Å². The summed E-state index contributed by atoms with van der Waals surface area (Å²) < 4.78 is 0. The fourth-order valence-electron chi connectivity index (χ4n) is 5.32. The number of fused-ring (bicyclic) bond motifs is 2. The molecule has 1 aliphatic carbocycles. The zero-order chi connectivity index (χ0) is 23.9. The van der Waals surface area contributed by atoms with E-state index in [9.17, 15) is 0 Å². The van der Waals surface area contributed by atoms with Crippen molar-refractivity contribution < 1.29 is 0 Å². The van der Waals surface area contributed by atoms with Crippen LogP contribution < -0.4 is 10.6 Å². The van der Waals surface area contributed by atoms with Crippen molar-refractivity contribution in [3.8, 4) is 11.1 Å². The molecule has 0 bridgehead atoms. The van der Waals surface area contributed by atoms with E-state index in [0.717, 1.165) is 44.7 Å². The third kappa shape index (κ3) is 4.29. The van der Waals surface area contributed by atoms with Crippen LogP contribution in [0, 0.1) is 18.3 Å². The van der Waals surface area contributed by atoms with Gasteiger partial charge in [0.25, 0.3) is 0 Å². The molecule has 0 unspecified atom stereocenters. The van der Waals surface area contributed by atoms with Gasteiger partial charge in [-0.25, -0.2) is 19.9 Å². The molecule has 1 saturated carbocycles. The maximum Gasteiger partial charge on any atom is 0.222 e. The van der Waals surface area contributed by atoms with Crippen molar-refractivity contribution >= 4 is 33.6 Å². The summed E-state index contributed by atoms with van der Waals surface area (Å²) in [5, 5.41) is 8.84. The summed E-state index contributed by atoms with van der Waals surface area (Å²) in [6.07, 6.45) is 8.47. The second-order valence-corrected chi connectivity index (χ2v) is 10.7. The Morgan fingerprint density at radius 1 is 0.941 bits per heavy atom. The third-order valence-electron chi connectivity index (χ3n) is 7.40. The highest BCUT2D eigenvalue weighted by atomic mass is 15.1. The van der Waals surface area contributed by atoms with E-state index in [1.165, 1.54) is 31.2 Å². The highest BCUT2D eigenvalue weighted by Gasteiger charge is 2.30. The molecule has 0 saturated heterocycles. The van der Waals surface area contributed by atoms with E-state index in [1.807, 2.05) is 13.2 Å². The summed E-state index contributed by atoms with van der Waals surface area (Å²) in [5.74, 6) is 2.36. The minimum Gasteiger partial charge on any atom is -0.367 e. The van der Waals surface area contributed by atoms with Crippen LogP contribution in [0.15, 0.2) is 42.9 Å². The van der Waals surface area contributed by atoms with Crippen LogP contribution in [0.1, 0.15) is 52.0 Å². The lowest BCUT2D eigenvalue weighted by molar-refractivity contribution is 0.173. The normalized spacial score (nSPS) is 18.9. The first kappa shape index (κ1) is 22.5. The zero-order valence-electron chi connectivity index (χ0n) is 20.8. The molecule has 6 nitrogen and oxygen atoms in total. The fourth-order valence-corrected chi connectivity index (χ4v) is 5.32. The number of aromatic nitrogens is 4. The van der Waals surface area contributed by atoms with E-state index < -0.39 is 0 Å². The molecule has 176 valence electrons. The van der Waals surface area contributed by atoms with E-state index >= 15 is 0 Å². The van der Waals surface area contributed by atoms with Gasteiger partial charge in [0, 0.05) is 35.6 Å². The van der Waals surface area contributed by atoms with E-state index in [-0.39, 0.29) is 0 Å². The summed E-state index contributed by atoms with van der Waals surface area (Å²) in [4.78, 5) is 18.3. The lowest BCUT2D eigenvalue weighted by atomic mass is 9.71. The van der Waals surface area contributed by atoms with Crippen LogP contribution in [-0.2, 0) is 0 Å². The fraction of sp³-hybridized carbons (Fsp3) is 0.429. The van der Waals surface area contributed by atoms with Crippen molar-refractivity contribution in [1.29, 1.82) is 0 Å². The minimum atomic E-state index is 0.387. The molecule has 2 heterocycles. The van der Waals surface area contributed by atoms with Crippen molar-refractivity contribution in [1.82, 2.24) is 19.9 Å². The van der Waals surface area contributed by atoms with Crippen LogP contribution in [0.2, 0.25) is 0 Å². The third-order valence-corrected chi connectivity index (χ3v) is 7.40. The highest BCUT2D eigenvalue weighted by Crippen LogP contribution is 2.39. The van der Waals surface area contributed by atoms with Gasteiger partial charge in [0.15, 0.2) is 0 Å². The summed E-state index contributed by atoms with van der Waals surface area (Å²) in [5.41, 5.74) is 5.73. The number of rotatable bonds is 4. The molecule has 1 aliphatic rings. The molecular formula is C28H34N6. The van der Waals surface area contributed by atoms with Crippen LogP contribution in [-0.4, -0.2) is 33.0 Å². The van der Waals surface area contributed by atoms with E-state index in [4.69, 9.17) is 4.98 Å². The van der Waals surface area contributed by atoms with Gasteiger partial charge in [-0.1, -0.05) is 32.9 Å². The predicted octanol–water partition coefficient (Wildman–Crippen LogP) is 6.61. The molecule has 0 radical (unpaired) electrons. The van der Waals surface area contributed by atoms with E-state index in [2.05, 4.69) is 83.6 Å². The molecule has 34 heavy (non-hydrogen) atoms. The van der Waals surface area contributed by atoms with Gasteiger partial charge in [-0.3, -0.25) is 0 Å². The SMILES string of the molecule is CNc1ncc2cc(-c3c(C)ccc4c(NC5CCC(C(C)(C)C)CC5)ncnc34)ccc2n1. The summed E-state index contributed by atoms with van der Waals surface area (Å²) in [7, 11) is 1.83. The number of nitrogens with zero attached hydrogens (tertiary/aromatic N) is 4. The van der Waals surface area contributed by atoms with E-state index in [1.54, 1.807) is 6.33 Å². The molecule has 0 spiro atoms. The van der Waals surface area contributed by atoms with Crippen LogP contribution in [0.3, 0.4) is 0 Å². The zero-order valence-corrected chi connectivity index (χ0v) is 20.8. The molecule has 2 N–H and O–H groups in total. The molecular weight excluding hydrogens is 420 g/mol. The first-order chi connectivity index (χ1) is 16.3. The van der Waals surface area contributed by atoms with Gasteiger partial charge in [-0.05, 0) is 73.3 Å². The number of nitrogens with one attached hydrogen (secondary N) is 2. The largest absolute Gasteiger partial charge is 0.367 e. The van der Waals surface area contributed by atoms with Crippen molar-refractivity contribution in [2.24, 2.45) is 11.3 Å². The highest BCUT2D eigenvalue weighted by molar-refractivity contribution is 6.01. The summed E-state index contributed by atoms with van der Waals surface area (Å²) in [6, 6.07) is 11.1. The number of anilines is 2. The van der Waals surface area contributed by atoms with Gasteiger partial charge >= 0.3 is 0 Å². The Kier molecular flexibility index (Phi) is 5.84. The first-order valence-corrected chi connectivity index (χ1v) is 12.3. The molecule has 6 heteroatoms. The average molecular weight is 455 g/mol. The molecule has 4 aromatic rings. The number of hydrogen-bond donors (Lipinski definition) is 2. The van der Waals surface area contributed by atoms with Gasteiger partial charge in [0.1, 0.15) is 12.1 Å². The van der Waals surface area contributed by atoms with Gasteiger partial charge < -0.3 is 10.6 Å². The lowest BCUT2D eigenvalue weighted by Crippen LogP contribution is -2.31. The van der Waals surface area contributed by atoms with Crippen LogP contribution in [0.25, 0.3) is 32.9 Å². The molecule has 0 amide bonds. The quantitative estimate of drug-likeness (QED) is 0.361. The number of benzene rings is 2. The standard InChI is InChI=1S/C28H34N6/c1-17-6-12-22-25(24(17)18-7-13-23-19(14-18)15-30-27(29-5)34-23)31-16-32-26(22)33-21-10-8-20(9-11-21)28(2,3)4/h6-7,12-16,20-21H,8-11H2,1-5H3,(H,29,30,34)(H,31,32,33). The average Bonchev–Trinajstić information content (AvgIpc) is 2.83. The smallest absolute Gasteiger partial charge is 0.222 e. The van der Waals surface area contributed by atoms with Gasteiger partial charge in [0.05, 0.1) is 11.0 Å². The Morgan fingerprint density at radius 2 is 1.74 bits per heavy atom. The number of hydrogen-bond acceptors (Lipinski definition) is 6. The van der Waals surface area contributed by atoms with Crippen LogP contribution in [0.4, 0.5) is 11.8 Å². The molecule has 0 aliphatic heterocycles. The molecule has 2 aromatic carbocycles. The Morgan fingerprint density at radius 3 is 2.47 bits per heavy atom. The monoisotopic (exact) mass is 454 g/mol. The maximum atomic E-state index is 4.73. The number of aryl methyl sites for hydroxylation is 1. The lowest BCUT2D eigenvalue weighted by Gasteiger charge is -2.37. The second-order valence-electron chi connectivity index (χ2n) is 10.7. The van der Waals surface area contributed by atoms with E-state index in [0.29, 0.717) is 17.4 Å². The first-order valence-electron chi connectivity index (χ1n) is 12.3. The Labute approximate surface area is 201 Å². The van der Waals surface area contributed by atoms with Crippen molar-refractivity contribution in [2.75, 3.05) is 17.7 Å². The van der Waals surface area contributed by atoms with Gasteiger partial charge in [0.2, 0.25) is 5.95 Å². The van der Waals surface area contributed by atoms with Crippen molar-refractivity contribution in [3.63, 3.8) is 0 Å². The molecule has 0 atom stereocenters. The second kappa shape index (κ2) is 8.82. The Hall–Kier alpha value is -3.28.